The lowest BCUT2D eigenvalue weighted by atomic mass is 10.3. The van der Waals surface area contributed by atoms with Crippen LogP contribution in [-0.2, 0) is 9.53 Å². The van der Waals surface area contributed by atoms with Crippen molar-refractivity contribution in [3.05, 3.63) is 11.6 Å². The molecule has 0 amide bonds. The van der Waals surface area contributed by atoms with E-state index in [9.17, 15) is 4.79 Å². The Bertz CT molecular complexity index is 151. The first-order valence-corrected chi connectivity index (χ1v) is 3.34. The molecule has 11 heavy (non-hydrogen) atoms. The fourth-order valence-electron chi connectivity index (χ4n) is 0.546. The van der Waals surface area contributed by atoms with Gasteiger partial charge in [0.1, 0.15) is 0 Å². The Kier molecular flexibility index (Phi) is 5.42. The summed E-state index contributed by atoms with van der Waals surface area (Å²) in [4.78, 5) is 10.8. The van der Waals surface area contributed by atoms with E-state index >= 15 is 0 Å². The summed E-state index contributed by atoms with van der Waals surface area (Å²) in [5.41, 5.74) is 0.0920. The van der Waals surface area contributed by atoms with E-state index in [-0.39, 0.29) is 18.8 Å². The summed E-state index contributed by atoms with van der Waals surface area (Å²) in [6.45, 7) is 1.27. The van der Waals surface area contributed by atoms with Gasteiger partial charge in [0.2, 0.25) is 0 Å². The predicted molar refractivity (Wildman–Crippen MR) is 38.9 cm³/mol. The largest absolute Gasteiger partial charge is 0.463 e. The van der Waals surface area contributed by atoms with Crippen LogP contribution in [0.1, 0.15) is 6.92 Å². The molecule has 0 saturated heterocycles. The maximum atomic E-state index is 10.8. The van der Waals surface area contributed by atoms with E-state index in [0.29, 0.717) is 0 Å². The molecule has 0 bridgehead atoms. The zero-order valence-electron chi connectivity index (χ0n) is 6.41. The quantitative estimate of drug-likeness (QED) is 0.428. The second kappa shape index (κ2) is 5.88. The minimum absolute atomic E-state index is 0.0920. The van der Waals surface area contributed by atoms with Crippen molar-refractivity contribution in [3.8, 4) is 0 Å². The first kappa shape index (κ1) is 10.1. The zero-order chi connectivity index (χ0) is 8.69. The molecule has 4 heteroatoms. The van der Waals surface area contributed by atoms with Gasteiger partial charge in [0.15, 0.2) is 0 Å². The summed E-state index contributed by atoms with van der Waals surface area (Å²) in [7, 11) is 0. The van der Waals surface area contributed by atoms with Crippen LogP contribution in [0.5, 0.6) is 0 Å². The second-order valence-corrected chi connectivity index (χ2v) is 1.79. The van der Waals surface area contributed by atoms with E-state index < -0.39 is 12.6 Å². The molecule has 64 valence electrons. The number of aliphatic hydroxyl groups excluding tert-OH is 2. The Morgan fingerprint density at radius 3 is 2.55 bits per heavy atom. The molecule has 0 rings (SSSR count). The van der Waals surface area contributed by atoms with Gasteiger partial charge in [-0.15, -0.1) is 0 Å². The molecule has 0 radical (unpaired) electrons. The van der Waals surface area contributed by atoms with Gasteiger partial charge in [-0.25, -0.2) is 4.79 Å². The third kappa shape index (κ3) is 3.75. The van der Waals surface area contributed by atoms with Crippen LogP contribution in [0.3, 0.4) is 0 Å². The van der Waals surface area contributed by atoms with Crippen molar-refractivity contribution in [2.45, 2.75) is 6.92 Å². The first-order valence-electron chi connectivity index (χ1n) is 3.34. The standard InChI is InChI=1S/C7H12O4/c1-2-11-7(10)6(5-9)3-4-8/h3,8-9H,2,4-5H2,1H3/b6-3+. The molecule has 4 nitrogen and oxygen atoms in total. The van der Waals surface area contributed by atoms with Crippen LogP contribution in [0.4, 0.5) is 0 Å². The van der Waals surface area contributed by atoms with Crippen LogP contribution in [0.15, 0.2) is 11.6 Å². The molecular weight excluding hydrogens is 148 g/mol. The highest BCUT2D eigenvalue weighted by molar-refractivity contribution is 5.88. The molecule has 0 unspecified atom stereocenters. The van der Waals surface area contributed by atoms with Gasteiger partial charge in [-0.3, -0.25) is 0 Å². The maximum Gasteiger partial charge on any atom is 0.336 e. The van der Waals surface area contributed by atoms with Crippen LogP contribution in [0, 0.1) is 0 Å². The SMILES string of the molecule is CCOC(=O)/C(=C/CO)CO. The van der Waals surface area contributed by atoms with E-state index in [4.69, 9.17) is 10.2 Å². The van der Waals surface area contributed by atoms with E-state index in [1.54, 1.807) is 6.92 Å². The van der Waals surface area contributed by atoms with Crippen molar-refractivity contribution in [2.24, 2.45) is 0 Å². The van der Waals surface area contributed by atoms with Crippen molar-refractivity contribution in [3.63, 3.8) is 0 Å². The highest BCUT2D eigenvalue weighted by Gasteiger charge is 2.07. The Morgan fingerprint density at radius 2 is 2.18 bits per heavy atom. The van der Waals surface area contributed by atoms with Crippen LogP contribution < -0.4 is 0 Å². The summed E-state index contributed by atoms with van der Waals surface area (Å²) in [6.07, 6.45) is 1.22. The van der Waals surface area contributed by atoms with Crippen LogP contribution >= 0.6 is 0 Å². The molecule has 0 aromatic heterocycles. The van der Waals surface area contributed by atoms with Crippen molar-refractivity contribution in [2.75, 3.05) is 19.8 Å². The number of carbonyl (C=O) groups excluding carboxylic acids is 1. The number of rotatable bonds is 4. The first-order chi connectivity index (χ1) is 5.26. The molecule has 0 heterocycles. The Morgan fingerprint density at radius 1 is 1.55 bits per heavy atom. The van der Waals surface area contributed by atoms with Gasteiger partial charge in [0, 0.05) is 0 Å². The van der Waals surface area contributed by atoms with Crippen LogP contribution in [0.25, 0.3) is 0 Å². The van der Waals surface area contributed by atoms with Gasteiger partial charge < -0.3 is 14.9 Å². The highest BCUT2D eigenvalue weighted by atomic mass is 16.5. The molecule has 0 aliphatic rings. The lowest BCUT2D eigenvalue weighted by molar-refractivity contribution is -0.139. The number of esters is 1. The van der Waals surface area contributed by atoms with E-state index in [0.717, 1.165) is 0 Å². The molecule has 0 aromatic rings. The van der Waals surface area contributed by atoms with Gasteiger partial charge in [0.25, 0.3) is 0 Å². The average Bonchev–Trinajstić information content (AvgIpc) is 2.00. The number of hydrogen-bond donors (Lipinski definition) is 2. The maximum absolute atomic E-state index is 10.8. The van der Waals surface area contributed by atoms with E-state index in [2.05, 4.69) is 4.74 Å². The number of ether oxygens (including phenoxy) is 1. The van der Waals surface area contributed by atoms with Gasteiger partial charge in [-0.1, -0.05) is 0 Å². The smallest absolute Gasteiger partial charge is 0.336 e. The van der Waals surface area contributed by atoms with Crippen molar-refractivity contribution in [1.29, 1.82) is 0 Å². The Balaban J connectivity index is 4.03. The van der Waals surface area contributed by atoms with Gasteiger partial charge >= 0.3 is 5.97 Å². The molecule has 0 spiro atoms. The lowest BCUT2D eigenvalue weighted by Gasteiger charge is -2.01. The summed E-state index contributed by atoms with van der Waals surface area (Å²) in [5.74, 6) is -0.580. The zero-order valence-corrected chi connectivity index (χ0v) is 6.41. The fraction of sp³-hybridized carbons (Fsp3) is 0.571. The summed E-state index contributed by atoms with van der Waals surface area (Å²) >= 11 is 0. The van der Waals surface area contributed by atoms with Gasteiger partial charge in [-0.2, -0.15) is 0 Å². The number of hydrogen-bond acceptors (Lipinski definition) is 4. The Labute approximate surface area is 65.1 Å². The molecular formula is C7H12O4. The van der Waals surface area contributed by atoms with Gasteiger partial charge in [0.05, 0.1) is 25.4 Å². The second-order valence-electron chi connectivity index (χ2n) is 1.79. The monoisotopic (exact) mass is 160 g/mol. The van der Waals surface area contributed by atoms with Crippen molar-refractivity contribution >= 4 is 5.97 Å². The predicted octanol–water partition coefficient (Wildman–Crippen LogP) is -0.540. The molecule has 0 atom stereocenters. The molecule has 0 aliphatic carbocycles. The molecule has 0 aliphatic heterocycles. The average molecular weight is 160 g/mol. The van der Waals surface area contributed by atoms with Crippen molar-refractivity contribution in [1.82, 2.24) is 0 Å². The summed E-state index contributed by atoms with van der Waals surface area (Å²) in [5, 5.41) is 17.0. The fourth-order valence-corrected chi connectivity index (χ4v) is 0.546. The molecule has 0 saturated carbocycles. The molecule has 2 N–H and O–H groups in total. The van der Waals surface area contributed by atoms with E-state index in [1.807, 2.05) is 0 Å². The summed E-state index contributed by atoms with van der Waals surface area (Å²) < 4.78 is 4.57. The molecule has 0 aromatic carbocycles. The van der Waals surface area contributed by atoms with Gasteiger partial charge in [-0.05, 0) is 13.0 Å². The minimum Gasteiger partial charge on any atom is -0.463 e. The number of carbonyl (C=O) groups is 1. The number of aliphatic hydroxyl groups is 2. The van der Waals surface area contributed by atoms with Crippen molar-refractivity contribution < 1.29 is 19.7 Å². The van der Waals surface area contributed by atoms with E-state index in [1.165, 1.54) is 6.08 Å². The lowest BCUT2D eigenvalue weighted by Crippen LogP contribution is -2.11. The Hall–Kier alpha value is -0.870. The van der Waals surface area contributed by atoms with Crippen LogP contribution in [0.2, 0.25) is 0 Å². The topological polar surface area (TPSA) is 66.8 Å². The highest BCUT2D eigenvalue weighted by Crippen LogP contribution is 1.95. The minimum atomic E-state index is -0.580. The van der Waals surface area contributed by atoms with Crippen LogP contribution in [-0.4, -0.2) is 36.0 Å². The molecule has 0 fully saturated rings. The third-order valence-electron chi connectivity index (χ3n) is 1.05. The normalized spacial score (nSPS) is 11.4. The summed E-state index contributed by atoms with van der Waals surface area (Å²) in [6, 6.07) is 0. The third-order valence-corrected chi connectivity index (χ3v) is 1.05.